The summed E-state index contributed by atoms with van der Waals surface area (Å²) in [5, 5.41) is 0.664. The van der Waals surface area contributed by atoms with Gasteiger partial charge in [0.1, 0.15) is 12.6 Å². The molecule has 94 valence electrons. The third-order valence-electron chi connectivity index (χ3n) is 2.23. The Morgan fingerprint density at radius 2 is 2.12 bits per heavy atom. The standard InChI is InChI=1S/C12H16ClNO2S/c1-17-7-6-11(14)12(15)16-8-9-2-4-10(13)5-3-9/h2-5,11H,6-8,14H2,1H3. The van der Waals surface area contributed by atoms with E-state index in [4.69, 9.17) is 22.1 Å². The molecule has 0 aliphatic heterocycles. The van der Waals surface area contributed by atoms with Crippen molar-refractivity contribution >= 4 is 29.3 Å². The van der Waals surface area contributed by atoms with Crippen LogP contribution in [0.2, 0.25) is 5.02 Å². The lowest BCUT2D eigenvalue weighted by atomic mass is 10.2. The molecule has 0 saturated carbocycles. The first-order valence-electron chi connectivity index (χ1n) is 5.29. The van der Waals surface area contributed by atoms with E-state index >= 15 is 0 Å². The molecule has 0 aliphatic carbocycles. The second kappa shape index (κ2) is 7.58. The molecule has 0 aliphatic rings. The summed E-state index contributed by atoms with van der Waals surface area (Å²) in [5.74, 6) is 0.506. The smallest absolute Gasteiger partial charge is 0.323 e. The molecular formula is C12H16ClNO2S. The van der Waals surface area contributed by atoms with Crippen LogP contribution in [0.3, 0.4) is 0 Å². The average Bonchev–Trinajstić information content (AvgIpc) is 2.34. The zero-order valence-electron chi connectivity index (χ0n) is 9.69. The molecule has 0 aromatic heterocycles. The Hall–Kier alpha value is -0.710. The lowest BCUT2D eigenvalue weighted by Gasteiger charge is -2.10. The number of hydrogen-bond acceptors (Lipinski definition) is 4. The zero-order chi connectivity index (χ0) is 12.7. The van der Waals surface area contributed by atoms with Gasteiger partial charge in [0.2, 0.25) is 0 Å². The first kappa shape index (κ1) is 14.4. The fourth-order valence-electron chi connectivity index (χ4n) is 1.20. The molecule has 5 heteroatoms. The van der Waals surface area contributed by atoms with E-state index in [9.17, 15) is 4.79 Å². The van der Waals surface area contributed by atoms with Crippen molar-refractivity contribution in [3.8, 4) is 0 Å². The van der Waals surface area contributed by atoms with E-state index in [0.29, 0.717) is 11.4 Å². The quantitative estimate of drug-likeness (QED) is 0.809. The summed E-state index contributed by atoms with van der Waals surface area (Å²) >= 11 is 7.41. The van der Waals surface area contributed by atoms with Crippen LogP contribution in [0.15, 0.2) is 24.3 Å². The minimum Gasteiger partial charge on any atom is -0.460 e. The van der Waals surface area contributed by atoms with Crippen LogP contribution in [-0.4, -0.2) is 24.0 Å². The summed E-state index contributed by atoms with van der Waals surface area (Å²) < 4.78 is 5.11. The lowest BCUT2D eigenvalue weighted by molar-refractivity contribution is -0.146. The van der Waals surface area contributed by atoms with Crippen molar-refractivity contribution in [2.45, 2.75) is 19.1 Å². The highest BCUT2D eigenvalue weighted by atomic mass is 35.5. The van der Waals surface area contributed by atoms with Crippen LogP contribution in [0.5, 0.6) is 0 Å². The third-order valence-corrected chi connectivity index (χ3v) is 3.13. The Morgan fingerprint density at radius 1 is 1.47 bits per heavy atom. The maximum atomic E-state index is 11.5. The number of rotatable bonds is 6. The van der Waals surface area contributed by atoms with E-state index in [0.717, 1.165) is 11.3 Å². The van der Waals surface area contributed by atoms with Gasteiger partial charge in [-0.1, -0.05) is 23.7 Å². The molecule has 0 amide bonds. The van der Waals surface area contributed by atoms with Crippen molar-refractivity contribution in [1.82, 2.24) is 0 Å². The van der Waals surface area contributed by atoms with Crippen molar-refractivity contribution in [1.29, 1.82) is 0 Å². The lowest BCUT2D eigenvalue weighted by Crippen LogP contribution is -2.32. The number of carbonyl (C=O) groups is 1. The Morgan fingerprint density at radius 3 is 2.71 bits per heavy atom. The number of hydrogen-bond donors (Lipinski definition) is 1. The topological polar surface area (TPSA) is 52.3 Å². The van der Waals surface area contributed by atoms with Gasteiger partial charge >= 0.3 is 5.97 Å². The maximum Gasteiger partial charge on any atom is 0.323 e. The minimum atomic E-state index is -0.533. The molecule has 0 spiro atoms. The van der Waals surface area contributed by atoms with Gasteiger partial charge in [-0.15, -0.1) is 0 Å². The van der Waals surface area contributed by atoms with Crippen LogP contribution >= 0.6 is 23.4 Å². The monoisotopic (exact) mass is 273 g/mol. The molecule has 0 bridgehead atoms. The highest BCUT2D eigenvalue weighted by Crippen LogP contribution is 2.10. The van der Waals surface area contributed by atoms with Gasteiger partial charge in [-0.3, -0.25) is 4.79 Å². The number of nitrogens with two attached hydrogens (primary N) is 1. The number of benzene rings is 1. The third kappa shape index (κ3) is 5.44. The predicted octanol–water partition coefficient (Wildman–Crippen LogP) is 2.46. The highest BCUT2D eigenvalue weighted by molar-refractivity contribution is 7.98. The number of thioether (sulfide) groups is 1. The molecule has 17 heavy (non-hydrogen) atoms. The summed E-state index contributed by atoms with van der Waals surface area (Å²) in [7, 11) is 0. The van der Waals surface area contributed by atoms with E-state index < -0.39 is 6.04 Å². The molecule has 0 radical (unpaired) electrons. The summed E-state index contributed by atoms with van der Waals surface area (Å²) in [5.41, 5.74) is 6.59. The predicted molar refractivity (Wildman–Crippen MR) is 72.2 cm³/mol. The van der Waals surface area contributed by atoms with Crippen LogP contribution < -0.4 is 5.73 Å². The molecule has 1 atom stereocenters. The summed E-state index contributed by atoms with van der Waals surface area (Å²) in [6.45, 7) is 0.239. The van der Waals surface area contributed by atoms with Gasteiger partial charge < -0.3 is 10.5 Å². The molecule has 0 fully saturated rings. The fraction of sp³-hybridized carbons (Fsp3) is 0.417. The molecule has 1 unspecified atom stereocenters. The van der Waals surface area contributed by atoms with Gasteiger partial charge in [0, 0.05) is 5.02 Å². The number of ether oxygens (including phenoxy) is 1. The Balaban J connectivity index is 2.34. The Labute approximate surface area is 111 Å². The molecule has 1 aromatic rings. The van der Waals surface area contributed by atoms with Gasteiger partial charge in [-0.25, -0.2) is 0 Å². The van der Waals surface area contributed by atoms with Crippen LogP contribution in [0.1, 0.15) is 12.0 Å². The Kier molecular flexibility index (Phi) is 6.40. The minimum absolute atomic E-state index is 0.239. The van der Waals surface area contributed by atoms with Crippen molar-refractivity contribution in [3.63, 3.8) is 0 Å². The normalized spacial score (nSPS) is 12.2. The van der Waals surface area contributed by atoms with Gasteiger partial charge in [0.05, 0.1) is 0 Å². The fourth-order valence-corrected chi connectivity index (χ4v) is 1.82. The number of halogens is 1. The average molecular weight is 274 g/mol. The number of esters is 1. The first-order valence-corrected chi connectivity index (χ1v) is 7.06. The number of carbonyl (C=O) groups excluding carboxylic acids is 1. The van der Waals surface area contributed by atoms with Gasteiger partial charge in [0.25, 0.3) is 0 Å². The van der Waals surface area contributed by atoms with Crippen LogP contribution in [0.25, 0.3) is 0 Å². The molecule has 3 nitrogen and oxygen atoms in total. The largest absolute Gasteiger partial charge is 0.460 e. The van der Waals surface area contributed by atoms with E-state index in [1.165, 1.54) is 0 Å². The highest BCUT2D eigenvalue weighted by Gasteiger charge is 2.14. The summed E-state index contributed by atoms with van der Waals surface area (Å²) in [4.78, 5) is 11.5. The van der Waals surface area contributed by atoms with Gasteiger partial charge in [-0.05, 0) is 36.1 Å². The van der Waals surface area contributed by atoms with Gasteiger partial charge in [0.15, 0.2) is 0 Å². The molecule has 0 heterocycles. The Bertz CT molecular complexity index is 356. The molecular weight excluding hydrogens is 258 g/mol. The van der Waals surface area contributed by atoms with E-state index in [1.807, 2.05) is 18.4 Å². The SMILES string of the molecule is CSCCC(N)C(=O)OCc1ccc(Cl)cc1. The molecule has 1 rings (SSSR count). The summed E-state index contributed by atoms with van der Waals surface area (Å²) in [6, 6.07) is 6.64. The zero-order valence-corrected chi connectivity index (χ0v) is 11.3. The van der Waals surface area contributed by atoms with E-state index in [2.05, 4.69) is 0 Å². The van der Waals surface area contributed by atoms with Crippen molar-refractivity contribution < 1.29 is 9.53 Å². The molecule has 0 saturated heterocycles. The van der Waals surface area contributed by atoms with Crippen molar-refractivity contribution in [3.05, 3.63) is 34.9 Å². The van der Waals surface area contributed by atoms with Crippen LogP contribution in [0.4, 0.5) is 0 Å². The molecule has 2 N–H and O–H groups in total. The van der Waals surface area contributed by atoms with Crippen molar-refractivity contribution in [2.24, 2.45) is 5.73 Å². The second-order valence-corrected chi connectivity index (χ2v) is 5.04. The maximum absolute atomic E-state index is 11.5. The molecule has 1 aromatic carbocycles. The van der Waals surface area contributed by atoms with E-state index in [-0.39, 0.29) is 12.6 Å². The van der Waals surface area contributed by atoms with E-state index in [1.54, 1.807) is 23.9 Å². The van der Waals surface area contributed by atoms with Crippen LogP contribution in [0, 0.1) is 0 Å². The van der Waals surface area contributed by atoms with Crippen molar-refractivity contribution in [2.75, 3.05) is 12.0 Å². The summed E-state index contributed by atoms with van der Waals surface area (Å²) in [6.07, 6.45) is 2.62. The van der Waals surface area contributed by atoms with Gasteiger partial charge in [-0.2, -0.15) is 11.8 Å². The second-order valence-electron chi connectivity index (χ2n) is 3.62. The van der Waals surface area contributed by atoms with Crippen LogP contribution in [-0.2, 0) is 16.1 Å². The first-order chi connectivity index (χ1) is 8.13.